The van der Waals surface area contributed by atoms with Crippen molar-refractivity contribution in [3.63, 3.8) is 0 Å². The van der Waals surface area contributed by atoms with Crippen molar-refractivity contribution in [3.05, 3.63) is 65.0 Å². The molecule has 1 aromatic heterocycles. The van der Waals surface area contributed by atoms with E-state index in [2.05, 4.69) is 61.4 Å². The molecule has 2 nitrogen and oxygen atoms in total. The van der Waals surface area contributed by atoms with E-state index in [0.717, 1.165) is 25.1 Å². The fraction of sp³-hybridized carbons (Fsp3) is 0.389. The number of aromatic nitrogens is 1. The predicted molar refractivity (Wildman–Crippen MR) is 84.9 cm³/mol. The van der Waals surface area contributed by atoms with Gasteiger partial charge in [0.15, 0.2) is 0 Å². The molecule has 1 heterocycles. The Bertz CT molecular complexity index is 534. The van der Waals surface area contributed by atoms with Crippen LogP contribution in [0.15, 0.2) is 42.6 Å². The first-order valence-electron chi connectivity index (χ1n) is 7.41. The Hall–Kier alpha value is -1.67. The maximum Gasteiger partial charge on any atom is 0.0422 e. The Balaban J connectivity index is 2.22. The first-order valence-corrected chi connectivity index (χ1v) is 7.41. The van der Waals surface area contributed by atoms with E-state index in [0.29, 0.717) is 6.04 Å². The van der Waals surface area contributed by atoms with Crippen LogP contribution in [0.25, 0.3) is 0 Å². The number of hydrogen-bond acceptors (Lipinski definition) is 2. The van der Waals surface area contributed by atoms with Crippen LogP contribution in [0.1, 0.15) is 41.8 Å². The Morgan fingerprint density at radius 2 is 2.00 bits per heavy atom. The van der Waals surface area contributed by atoms with Crippen LogP contribution in [-0.2, 0) is 6.42 Å². The molecule has 0 bridgehead atoms. The van der Waals surface area contributed by atoms with E-state index in [1.165, 1.54) is 16.7 Å². The number of pyridine rings is 1. The molecule has 1 unspecified atom stereocenters. The molecule has 0 aliphatic rings. The van der Waals surface area contributed by atoms with Crippen LogP contribution < -0.4 is 5.32 Å². The highest BCUT2D eigenvalue weighted by Crippen LogP contribution is 2.22. The number of aryl methyl sites for hydroxylation is 2. The molecule has 2 heteroatoms. The topological polar surface area (TPSA) is 24.9 Å². The molecular weight excluding hydrogens is 244 g/mol. The zero-order valence-electron chi connectivity index (χ0n) is 12.7. The summed E-state index contributed by atoms with van der Waals surface area (Å²) in [5.74, 6) is 0. The number of benzene rings is 1. The van der Waals surface area contributed by atoms with Crippen molar-refractivity contribution < 1.29 is 0 Å². The van der Waals surface area contributed by atoms with Gasteiger partial charge >= 0.3 is 0 Å². The first-order chi connectivity index (χ1) is 9.70. The van der Waals surface area contributed by atoms with Gasteiger partial charge in [0.05, 0.1) is 0 Å². The molecule has 0 spiro atoms. The van der Waals surface area contributed by atoms with Gasteiger partial charge in [-0.2, -0.15) is 0 Å². The molecule has 20 heavy (non-hydrogen) atoms. The maximum atomic E-state index is 4.46. The van der Waals surface area contributed by atoms with Gasteiger partial charge in [-0.15, -0.1) is 0 Å². The summed E-state index contributed by atoms with van der Waals surface area (Å²) in [5.41, 5.74) is 5.20. The molecule has 0 amide bonds. The van der Waals surface area contributed by atoms with E-state index in [1.54, 1.807) is 0 Å². The fourth-order valence-corrected chi connectivity index (χ4v) is 2.56. The highest BCUT2D eigenvalue weighted by Gasteiger charge is 2.14. The summed E-state index contributed by atoms with van der Waals surface area (Å²) in [6.45, 7) is 7.57. The van der Waals surface area contributed by atoms with Crippen molar-refractivity contribution in [3.8, 4) is 0 Å². The van der Waals surface area contributed by atoms with Crippen molar-refractivity contribution in [2.24, 2.45) is 0 Å². The largest absolute Gasteiger partial charge is 0.310 e. The molecule has 2 rings (SSSR count). The van der Waals surface area contributed by atoms with E-state index in [9.17, 15) is 0 Å². The van der Waals surface area contributed by atoms with Crippen LogP contribution in [0, 0.1) is 13.8 Å². The average molecular weight is 268 g/mol. The fourth-order valence-electron chi connectivity index (χ4n) is 2.56. The highest BCUT2D eigenvalue weighted by molar-refractivity contribution is 5.33. The quantitative estimate of drug-likeness (QED) is 0.857. The molecule has 0 saturated carbocycles. The molecule has 0 radical (unpaired) electrons. The van der Waals surface area contributed by atoms with E-state index in [1.807, 2.05) is 12.3 Å². The van der Waals surface area contributed by atoms with Crippen LogP contribution in [0.3, 0.4) is 0 Å². The Morgan fingerprint density at radius 1 is 1.15 bits per heavy atom. The lowest BCUT2D eigenvalue weighted by atomic mass is 9.95. The normalized spacial score (nSPS) is 12.3. The van der Waals surface area contributed by atoms with Crippen LogP contribution in [0.2, 0.25) is 0 Å². The van der Waals surface area contributed by atoms with Crippen LogP contribution in [0.4, 0.5) is 0 Å². The van der Waals surface area contributed by atoms with Gasteiger partial charge < -0.3 is 5.32 Å². The van der Waals surface area contributed by atoms with Gasteiger partial charge in [-0.3, -0.25) is 4.98 Å². The summed E-state index contributed by atoms with van der Waals surface area (Å²) in [6, 6.07) is 13.2. The van der Waals surface area contributed by atoms with Crippen LogP contribution >= 0.6 is 0 Å². The minimum Gasteiger partial charge on any atom is -0.310 e. The summed E-state index contributed by atoms with van der Waals surface area (Å²) in [4.78, 5) is 4.46. The van der Waals surface area contributed by atoms with Crippen molar-refractivity contribution in [1.29, 1.82) is 0 Å². The number of rotatable bonds is 6. The second kappa shape index (κ2) is 7.20. The SMILES string of the molecule is CCCNC(Cc1ccccn1)c1ccc(C)cc1C. The minimum atomic E-state index is 0.338. The molecule has 2 aromatic rings. The van der Waals surface area contributed by atoms with E-state index >= 15 is 0 Å². The van der Waals surface area contributed by atoms with E-state index < -0.39 is 0 Å². The van der Waals surface area contributed by atoms with Gasteiger partial charge in [0, 0.05) is 24.4 Å². The summed E-state index contributed by atoms with van der Waals surface area (Å²) in [7, 11) is 0. The van der Waals surface area contributed by atoms with Crippen molar-refractivity contribution in [2.75, 3.05) is 6.54 Å². The molecule has 0 fully saturated rings. The van der Waals surface area contributed by atoms with Crippen molar-refractivity contribution in [1.82, 2.24) is 10.3 Å². The molecule has 1 N–H and O–H groups in total. The molecule has 0 aliphatic carbocycles. The molecule has 1 aromatic carbocycles. The first kappa shape index (κ1) is 14.7. The molecule has 106 valence electrons. The van der Waals surface area contributed by atoms with Gasteiger partial charge in [-0.25, -0.2) is 0 Å². The third-order valence-electron chi connectivity index (χ3n) is 3.58. The second-order valence-electron chi connectivity index (χ2n) is 5.39. The summed E-state index contributed by atoms with van der Waals surface area (Å²) in [6.07, 6.45) is 3.95. The summed E-state index contributed by atoms with van der Waals surface area (Å²) in [5, 5.41) is 3.65. The van der Waals surface area contributed by atoms with E-state index in [4.69, 9.17) is 0 Å². The lowest BCUT2D eigenvalue weighted by Gasteiger charge is -2.21. The minimum absolute atomic E-state index is 0.338. The maximum absolute atomic E-state index is 4.46. The van der Waals surface area contributed by atoms with Crippen molar-refractivity contribution >= 4 is 0 Å². The second-order valence-corrected chi connectivity index (χ2v) is 5.39. The third kappa shape index (κ3) is 3.91. The summed E-state index contributed by atoms with van der Waals surface area (Å²) < 4.78 is 0. The zero-order valence-corrected chi connectivity index (χ0v) is 12.7. The third-order valence-corrected chi connectivity index (χ3v) is 3.58. The Morgan fingerprint density at radius 3 is 2.65 bits per heavy atom. The monoisotopic (exact) mass is 268 g/mol. The van der Waals surface area contributed by atoms with Gasteiger partial charge in [-0.1, -0.05) is 36.8 Å². The van der Waals surface area contributed by atoms with Gasteiger partial charge in [0.25, 0.3) is 0 Å². The summed E-state index contributed by atoms with van der Waals surface area (Å²) >= 11 is 0. The van der Waals surface area contributed by atoms with Gasteiger partial charge in [-0.05, 0) is 50.1 Å². The van der Waals surface area contributed by atoms with Crippen molar-refractivity contribution in [2.45, 2.75) is 39.7 Å². The lowest BCUT2D eigenvalue weighted by molar-refractivity contribution is 0.522. The lowest BCUT2D eigenvalue weighted by Crippen LogP contribution is -2.25. The Kier molecular flexibility index (Phi) is 5.31. The smallest absolute Gasteiger partial charge is 0.0422 e. The predicted octanol–water partition coefficient (Wildman–Crippen LogP) is 3.98. The average Bonchev–Trinajstić information content (AvgIpc) is 2.45. The zero-order chi connectivity index (χ0) is 14.4. The van der Waals surface area contributed by atoms with Crippen LogP contribution in [0.5, 0.6) is 0 Å². The van der Waals surface area contributed by atoms with Gasteiger partial charge in [0.2, 0.25) is 0 Å². The molecule has 0 saturated heterocycles. The number of nitrogens with zero attached hydrogens (tertiary/aromatic N) is 1. The number of nitrogens with one attached hydrogen (secondary N) is 1. The molecule has 0 aliphatic heterocycles. The van der Waals surface area contributed by atoms with Crippen LogP contribution in [-0.4, -0.2) is 11.5 Å². The Labute approximate surface area is 122 Å². The molecular formula is C18H24N2. The van der Waals surface area contributed by atoms with E-state index in [-0.39, 0.29) is 0 Å². The highest BCUT2D eigenvalue weighted by atomic mass is 14.9. The van der Waals surface area contributed by atoms with Gasteiger partial charge in [0.1, 0.15) is 0 Å². The molecule has 1 atom stereocenters. The number of hydrogen-bond donors (Lipinski definition) is 1. The standard InChI is InChI=1S/C18H24N2/c1-4-10-20-18(13-16-7-5-6-11-19-16)17-9-8-14(2)12-15(17)3/h5-9,11-12,18,20H,4,10,13H2,1-3H3.